The zero-order chi connectivity index (χ0) is 16.1. The van der Waals surface area contributed by atoms with Crippen LogP contribution in [0.5, 0.6) is 0 Å². The van der Waals surface area contributed by atoms with Crippen molar-refractivity contribution in [3.63, 3.8) is 0 Å². The molecule has 2 aromatic rings. The molecule has 1 atom stereocenters. The van der Waals surface area contributed by atoms with E-state index < -0.39 is 0 Å². The SMILES string of the molecule is CCC(CC)C(=O)NC(c1cccc(Cl)c1)c1nccn1C. The van der Waals surface area contributed by atoms with E-state index in [4.69, 9.17) is 11.6 Å². The molecule has 118 valence electrons. The van der Waals surface area contributed by atoms with Crippen molar-refractivity contribution in [1.82, 2.24) is 14.9 Å². The summed E-state index contributed by atoms with van der Waals surface area (Å²) in [6.07, 6.45) is 5.25. The lowest BCUT2D eigenvalue weighted by atomic mass is 10.00. The van der Waals surface area contributed by atoms with E-state index in [1.165, 1.54) is 0 Å². The summed E-state index contributed by atoms with van der Waals surface area (Å²) in [5.41, 5.74) is 0.932. The fourth-order valence-electron chi connectivity index (χ4n) is 2.56. The van der Waals surface area contributed by atoms with Crippen LogP contribution >= 0.6 is 11.6 Å². The number of aryl methyl sites for hydroxylation is 1. The number of nitrogens with zero attached hydrogens (tertiary/aromatic N) is 2. The zero-order valence-corrected chi connectivity index (χ0v) is 14.0. The minimum absolute atomic E-state index is 0.0157. The lowest BCUT2D eigenvalue weighted by Crippen LogP contribution is -2.35. The maximum Gasteiger partial charge on any atom is 0.223 e. The van der Waals surface area contributed by atoms with Crippen LogP contribution in [0.2, 0.25) is 5.02 Å². The Balaban J connectivity index is 2.35. The van der Waals surface area contributed by atoms with E-state index in [0.717, 1.165) is 24.2 Å². The van der Waals surface area contributed by atoms with Gasteiger partial charge in [0.15, 0.2) is 0 Å². The van der Waals surface area contributed by atoms with Crippen LogP contribution in [-0.2, 0) is 11.8 Å². The standard InChI is InChI=1S/C17H22ClN3O/c1-4-12(5-2)17(22)20-15(16-19-9-10-21(16)3)13-7-6-8-14(18)11-13/h6-12,15H,4-5H2,1-3H3,(H,20,22). The maximum atomic E-state index is 12.5. The third-order valence-electron chi connectivity index (χ3n) is 3.94. The molecule has 1 aromatic carbocycles. The first-order chi connectivity index (χ1) is 10.6. The summed E-state index contributed by atoms with van der Waals surface area (Å²) in [7, 11) is 1.92. The summed E-state index contributed by atoms with van der Waals surface area (Å²) in [4.78, 5) is 16.9. The molecular formula is C17H22ClN3O. The molecule has 1 amide bonds. The number of rotatable bonds is 6. The Bertz CT molecular complexity index is 634. The van der Waals surface area contributed by atoms with Crippen molar-refractivity contribution in [3.8, 4) is 0 Å². The van der Waals surface area contributed by atoms with E-state index in [-0.39, 0.29) is 17.9 Å². The first-order valence-corrected chi connectivity index (χ1v) is 7.97. The molecule has 1 N–H and O–H groups in total. The molecule has 0 spiro atoms. The zero-order valence-electron chi connectivity index (χ0n) is 13.2. The molecule has 0 radical (unpaired) electrons. The second-order valence-corrected chi connectivity index (χ2v) is 5.84. The number of hydrogen-bond donors (Lipinski definition) is 1. The van der Waals surface area contributed by atoms with Crippen molar-refractivity contribution in [2.24, 2.45) is 13.0 Å². The molecule has 0 aliphatic rings. The van der Waals surface area contributed by atoms with Gasteiger partial charge >= 0.3 is 0 Å². The largest absolute Gasteiger partial charge is 0.342 e. The van der Waals surface area contributed by atoms with Gasteiger partial charge in [-0.05, 0) is 30.5 Å². The molecule has 0 saturated carbocycles. The molecule has 1 unspecified atom stereocenters. The van der Waals surface area contributed by atoms with Crippen molar-refractivity contribution in [3.05, 3.63) is 53.1 Å². The van der Waals surface area contributed by atoms with Crippen molar-refractivity contribution in [2.45, 2.75) is 32.7 Å². The molecule has 0 saturated heterocycles. The number of carbonyl (C=O) groups excluding carboxylic acids is 1. The average molecular weight is 320 g/mol. The van der Waals surface area contributed by atoms with E-state index >= 15 is 0 Å². The highest BCUT2D eigenvalue weighted by Crippen LogP contribution is 2.24. The van der Waals surface area contributed by atoms with Crippen molar-refractivity contribution in [2.75, 3.05) is 0 Å². The lowest BCUT2D eigenvalue weighted by Gasteiger charge is -2.22. The number of aromatic nitrogens is 2. The first-order valence-electron chi connectivity index (χ1n) is 7.59. The van der Waals surface area contributed by atoms with Gasteiger partial charge in [-0.15, -0.1) is 0 Å². The van der Waals surface area contributed by atoms with Gasteiger partial charge in [-0.25, -0.2) is 4.98 Å². The molecule has 0 fully saturated rings. The summed E-state index contributed by atoms with van der Waals surface area (Å²) in [5.74, 6) is 0.863. The highest BCUT2D eigenvalue weighted by Gasteiger charge is 2.24. The number of nitrogens with one attached hydrogen (secondary N) is 1. The van der Waals surface area contributed by atoms with Crippen molar-refractivity contribution < 1.29 is 4.79 Å². The molecule has 4 nitrogen and oxygen atoms in total. The molecule has 22 heavy (non-hydrogen) atoms. The van der Waals surface area contributed by atoms with Gasteiger partial charge in [0.1, 0.15) is 11.9 Å². The monoisotopic (exact) mass is 319 g/mol. The Morgan fingerprint density at radius 3 is 2.64 bits per heavy atom. The minimum Gasteiger partial charge on any atom is -0.342 e. The fourth-order valence-corrected chi connectivity index (χ4v) is 2.76. The Kier molecular flexibility index (Phi) is 5.61. The number of carbonyl (C=O) groups is 1. The minimum atomic E-state index is -0.299. The van der Waals surface area contributed by atoms with E-state index in [2.05, 4.69) is 10.3 Å². The van der Waals surface area contributed by atoms with Crippen LogP contribution in [-0.4, -0.2) is 15.5 Å². The van der Waals surface area contributed by atoms with Crippen LogP contribution in [0.15, 0.2) is 36.7 Å². The highest BCUT2D eigenvalue weighted by molar-refractivity contribution is 6.30. The van der Waals surface area contributed by atoms with Gasteiger partial charge in [-0.2, -0.15) is 0 Å². The normalized spacial score (nSPS) is 12.4. The summed E-state index contributed by atoms with van der Waals surface area (Å²) >= 11 is 6.10. The van der Waals surface area contributed by atoms with Crippen LogP contribution in [0.4, 0.5) is 0 Å². The van der Waals surface area contributed by atoms with Crippen molar-refractivity contribution in [1.29, 1.82) is 0 Å². The second-order valence-electron chi connectivity index (χ2n) is 5.41. The van der Waals surface area contributed by atoms with Crippen LogP contribution in [0.3, 0.4) is 0 Å². The molecule has 0 aliphatic heterocycles. The second kappa shape index (κ2) is 7.45. The van der Waals surface area contributed by atoms with Crippen LogP contribution < -0.4 is 5.32 Å². The lowest BCUT2D eigenvalue weighted by molar-refractivity contribution is -0.125. The first kappa shape index (κ1) is 16.6. The van der Waals surface area contributed by atoms with Crippen molar-refractivity contribution >= 4 is 17.5 Å². The number of hydrogen-bond acceptors (Lipinski definition) is 2. The smallest absolute Gasteiger partial charge is 0.223 e. The van der Waals surface area contributed by atoms with Gasteiger partial charge in [0.05, 0.1) is 0 Å². The summed E-state index contributed by atoms with van der Waals surface area (Å²) in [5, 5.41) is 3.77. The molecule has 2 rings (SSSR count). The third-order valence-corrected chi connectivity index (χ3v) is 4.18. The molecular weight excluding hydrogens is 298 g/mol. The number of halogens is 1. The summed E-state index contributed by atoms with van der Waals surface area (Å²) in [6, 6.07) is 7.24. The fraction of sp³-hybridized carbons (Fsp3) is 0.412. The van der Waals surface area contributed by atoms with Crippen LogP contribution in [0.1, 0.15) is 44.1 Å². The van der Waals surface area contributed by atoms with Gasteiger partial charge in [0.2, 0.25) is 5.91 Å². The van der Waals surface area contributed by atoms with Gasteiger partial charge in [0.25, 0.3) is 0 Å². The van der Waals surface area contributed by atoms with Crippen LogP contribution in [0, 0.1) is 5.92 Å². The van der Waals surface area contributed by atoms with E-state index in [9.17, 15) is 4.79 Å². The average Bonchev–Trinajstić information content (AvgIpc) is 2.92. The number of imidazole rings is 1. The predicted octanol–water partition coefficient (Wildman–Crippen LogP) is 3.72. The van der Waals surface area contributed by atoms with E-state index in [0.29, 0.717) is 5.02 Å². The third kappa shape index (κ3) is 3.69. The topological polar surface area (TPSA) is 46.9 Å². The molecule has 1 aromatic heterocycles. The Morgan fingerprint density at radius 2 is 2.09 bits per heavy atom. The number of amides is 1. The molecule has 5 heteroatoms. The van der Waals surface area contributed by atoms with Gasteiger partial charge in [-0.3, -0.25) is 4.79 Å². The van der Waals surface area contributed by atoms with Gasteiger partial charge < -0.3 is 9.88 Å². The number of benzene rings is 1. The van der Waals surface area contributed by atoms with Crippen LogP contribution in [0.25, 0.3) is 0 Å². The predicted molar refractivity (Wildman–Crippen MR) is 88.7 cm³/mol. The Hall–Kier alpha value is -1.81. The maximum absolute atomic E-state index is 12.5. The Morgan fingerprint density at radius 1 is 1.36 bits per heavy atom. The van der Waals surface area contributed by atoms with Gasteiger partial charge in [-0.1, -0.05) is 37.6 Å². The molecule has 0 bridgehead atoms. The molecule has 1 heterocycles. The van der Waals surface area contributed by atoms with Gasteiger partial charge in [0, 0.05) is 30.4 Å². The summed E-state index contributed by atoms with van der Waals surface area (Å²) < 4.78 is 1.92. The quantitative estimate of drug-likeness (QED) is 0.882. The van der Waals surface area contributed by atoms with E-state index in [1.54, 1.807) is 6.20 Å². The summed E-state index contributed by atoms with van der Waals surface area (Å²) in [6.45, 7) is 4.06. The molecule has 0 aliphatic carbocycles. The van der Waals surface area contributed by atoms with E-state index in [1.807, 2.05) is 55.9 Å². The highest BCUT2D eigenvalue weighted by atomic mass is 35.5. The Labute approximate surface area is 136 Å².